The van der Waals surface area contributed by atoms with Crippen molar-refractivity contribution >= 4 is 10.0 Å². The fraction of sp³-hybridized carbons (Fsp3) is 0.714. The Bertz CT molecular complexity index is 560. The molecule has 0 saturated carbocycles. The fourth-order valence-corrected chi connectivity index (χ4v) is 3.83. The van der Waals surface area contributed by atoms with Gasteiger partial charge in [0.05, 0.1) is 13.2 Å². The van der Waals surface area contributed by atoms with Crippen molar-refractivity contribution in [2.75, 3.05) is 26.3 Å². The molecule has 1 aliphatic heterocycles. The molecule has 1 saturated heterocycles. The van der Waals surface area contributed by atoms with Crippen LogP contribution < -0.4 is 5.32 Å². The van der Waals surface area contributed by atoms with Crippen LogP contribution in [0.4, 0.5) is 0 Å². The maximum Gasteiger partial charge on any atom is 0.244 e. The lowest BCUT2D eigenvalue weighted by atomic mass is 10.3. The summed E-state index contributed by atoms with van der Waals surface area (Å²) in [5.41, 5.74) is 0.998. The van der Waals surface area contributed by atoms with Crippen LogP contribution >= 0.6 is 0 Å². The van der Waals surface area contributed by atoms with Gasteiger partial charge in [-0.15, -0.1) is 0 Å². The van der Waals surface area contributed by atoms with Crippen molar-refractivity contribution in [3.63, 3.8) is 0 Å². The molecule has 1 N–H and O–H groups in total. The first kappa shape index (κ1) is 16.5. The summed E-state index contributed by atoms with van der Waals surface area (Å²) in [6.45, 7) is 9.39. The number of hydrogen-bond acceptors (Lipinski definition) is 4. The molecule has 0 atom stereocenters. The summed E-state index contributed by atoms with van der Waals surface area (Å²) >= 11 is 0. The Morgan fingerprint density at radius 1 is 1.33 bits per heavy atom. The zero-order valence-corrected chi connectivity index (χ0v) is 13.8. The van der Waals surface area contributed by atoms with Gasteiger partial charge in [-0.2, -0.15) is 4.31 Å². The van der Waals surface area contributed by atoms with Gasteiger partial charge in [-0.3, -0.25) is 0 Å². The standard InChI is InChI=1S/C14H25N3O3S/c1-4-16-11-14(9-13(16)10-15-12(2)3)21(18,19)17-5-7-20-8-6-17/h9,11-12,15H,4-8,10H2,1-3H3. The van der Waals surface area contributed by atoms with E-state index in [1.54, 1.807) is 12.3 Å². The van der Waals surface area contributed by atoms with Crippen LogP contribution in [0.15, 0.2) is 17.2 Å². The largest absolute Gasteiger partial charge is 0.379 e. The highest BCUT2D eigenvalue weighted by molar-refractivity contribution is 7.89. The van der Waals surface area contributed by atoms with Gasteiger partial charge in [0.25, 0.3) is 0 Å². The molecule has 2 heterocycles. The van der Waals surface area contributed by atoms with Gasteiger partial charge in [-0.1, -0.05) is 13.8 Å². The third-order valence-electron chi connectivity index (χ3n) is 3.60. The summed E-state index contributed by atoms with van der Waals surface area (Å²) in [7, 11) is -3.41. The Balaban J connectivity index is 2.22. The zero-order chi connectivity index (χ0) is 15.5. The number of hydrogen-bond donors (Lipinski definition) is 1. The van der Waals surface area contributed by atoms with Crippen LogP contribution in [0.1, 0.15) is 26.5 Å². The summed E-state index contributed by atoms with van der Waals surface area (Å²) in [4.78, 5) is 0.381. The minimum absolute atomic E-state index is 0.365. The molecule has 2 rings (SSSR count). The molecule has 1 aromatic rings. The van der Waals surface area contributed by atoms with Crippen molar-refractivity contribution in [3.8, 4) is 0 Å². The van der Waals surface area contributed by atoms with E-state index in [0.717, 1.165) is 12.2 Å². The topological polar surface area (TPSA) is 63.6 Å². The van der Waals surface area contributed by atoms with E-state index in [1.165, 1.54) is 4.31 Å². The van der Waals surface area contributed by atoms with Crippen LogP contribution in [0.5, 0.6) is 0 Å². The molecule has 0 radical (unpaired) electrons. The van der Waals surface area contributed by atoms with Gasteiger partial charge in [-0.25, -0.2) is 8.42 Å². The Hall–Kier alpha value is -0.890. The van der Waals surface area contributed by atoms with Crippen molar-refractivity contribution in [1.29, 1.82) is 0 Å². The summed E-state index contributed by atoms with van der Waals surface area (Å²) in [5.74, 6) is 0. The third-order valence-corrected chi connectivity index (χ3v) is 5.46. The lowest BCUT2D eigenvalue weighted by molar-refractivity contribution is 0.0730. The van der Waals surface area contributed by atoms with Gasteiger partial charge in [0.15, 0.2) is 0 Å². The second-order valence-electron chi connectivity index (χ2n) is 5.51. The third kappa shape index (κ3) is 3.85. The highest BCUT2D eigenvalue weighted by Crippen LogP contribution is 2.20. The van der Waals surface area contributed by atoms with Gasteiger partial charge >= 0.3 is 0 Å². The Kier molecular flexibility index (Phi) is 5.43. The first-order valence-corrected chi connectivity index (χ1v) is 8.89. The summed E-state index contributed by atoms with van der Waals surface area (Å²) < 4.78 is 34.0. The van der Waals surface area contributed by atoms with E-state index in [1.807, 2.05) is 11.5 Å². The van der Waals surface area contributed by atoms with Crippen molar-refractivity contribution in [1.82, 2.24) is 14.2 Å². The van der Waals surface area contributed by atoms with E-state index < -0.39 is 10.0 Å². The van der Waals surface area contributed by atoms with Crippen molar-refractivity contribution < 1.29 is 13.2 Å². The van der Waals surface area contributed by atoms with Crippen LogP contribution in [0.25, 0.3) is 0 Å². The number of nitrogens with zero attached hydrogens (tertiary/aromatic N) is 2. The summed E-state index contributed by atoms with van der Waals surface area (Å²) in [6.07, 6.45) is 1.74. The number of nitrogens with one attached hydrogen (secondary N) is 1. The van der Waals surface area contributed by atoms with Crippen molar-refractivity contribution in [3.05, 3.63) is 18.0 Å². The minimum atomic E-state index is -3.41. The van der Waals surface area contributed by atoms with E-state index >= 15 is 0 Å². The van der Waals surface area contributed by atoms with E-state index in [-0.39, 0.29) is 0 Å². The lowest BCUT2D eigenvalue weighted by Crippen LogP contribution is -2.40. The van der Waals surface area contributed by atoms with Gasteiger partial charge in [-0.05, 0) is 13.0 Å². The zero-order valence-electron chi connectivity index (χ0n) is 13.0. The Labute approximate surface area is 127 Å². The van der Waals surface area contributed by atoms with Crippen LogP contribution in [0, 0.1) is 0 Å². The van der Waals surface area contributed by atoms with Crippen LogP contribution in [-0.2, 0) is 27.8 Å². The number of ether oxygens (including phenoxy) is 1. The predicted octanol–water partition coefficient (Wildman–Crippen LogP) is 1.03. The van der Waals surface area contributed by atoms with Gasteiger partial charge in [0.2, 0.25) is 10.0 Å². The van der Waals surface area contributed by atoms with Crippen molar-refractivity contribution in [2.45, 2.75) is 44.8 Å². The molecule has 1 aromatic heterocycles. The summed E-state index contributed by atoms with van der Waals surface area (Å²) in [5, 5.41) is 3.33. The molecule has 7 heteroatoms. The molecule has 0 bridgehead atoms. The first-order chi connectivity index (χ1) is 9.95. The van der Waals surface area contributed by atoms with E-state index in [0.29, 0.717) is 43.8 Å². The Morgan fingerprint density at radius 2 is 2.00 bits per heavy atom. The molecule has 0 aliphatic carbocycles. The molecule has 1 aliphatic rings. The normalized spacial score (nSPS) is 17.5. The van der Waals surface area contributed by atoms with Gasteiger partial charge in [0.1, 0.15) is 4.90 Å². The molecular weight excluding hydrogens is 290 g/mol. The van der Waals surface area contributed by atoms with Gasteiger partial charge in [0, 0.05) is 44.1 Å². The smallest absolute Gasteiger partial charge is 0.244 e. The van der Waals surface area contributed by atoms with Crippen LogP contribution in [0.3, 0.4) is 0 Å². The summed E-state index contributed by atoms with van der Waals surface area (Å²) in [6, 6.07) is 2.15. The molecule has 120 valence electrons. The molecule has 0 spiro atoms. The molecule has 0 aromatic carbocycles. The highest BCUT2D eigenvalue weighted by Gasteiger charge is 2.27. The molecule has 6 nitrogen and oxygen atoms in total. The minimum Gasteiger partial charge on any atom is -0.379 e. The second kappa shape index (κ2) is 6.91. The SMILES string of the molecule is CCn1cc(S(=O)(=O)N2CCOCC2)cc1CNC(C)C. The van der Waals surface area contributed by atoms with E-state index in [2.05, 4.69) is 19.2 Å². The second-order valence-corrected chi connectivity index (χ2v) is 7.44. The molecular formula is C14H25N3O3S. The fourth-order valence-electron chi connectivity index (χ4n) is 2.35. The average molecular weight is 315 g/mol. The van der Waals surface area contributed by atoms with E-state index in [4.69, 9.17) is 4.74 Å². The van der Waals surface area contributed by atoms with Crippen LogP contribution in [-0.4, -0.2) is 49.6 Å². The Morgan fingerprint density at radius 3 is 2.57 bits per heavy atom. The number of aromatic nitrogens is 1. The van der Waals surface area contributed by atoms with Crippen molar-refractivity contribution in [2.24, 2.45) is 0 Å². The molecule has 1 fully saturated rings. The highest BCUT2D eigenvalue weighted by atomic mass is 32.2. The monoisotopic (exact) mass is 315 g/mol. The number of rotatable bonds is 6. The van der Waals surface area contributed by atoms with Gasteiger partial charge < -0.3 is 14.6 Å². The lowest BCUT2D eigenvalue weighted by Gasteiger charge is -2.25. The molecule has 21 heavy (non-hydrogen) atoms. The number of morpholine rings is 1. The molecule has 0 amide bonds. The maximum atomic E-state index is 12.6. The van der Waals surface area contributed by atoms with Crippen LogP contribution in [0.2, 0.25) is 0 Å². The number of sulfonamides is 1. The maximum absolute atomic E-state index is 12.6. The average Bonchev–Trinajstić information content (AvgIpc) is 2.90. The number of aryl methyl sites for hydroxylation is 1. The predicted molar refractivity (Wildman–Crippen MR) is 81.7 cm³/mol. The first-order valence-electron chi connectivity index (χ1n) is 7.45. The van der Waals surface area contributed by atoms with E-state index in [9.17, 15) is 8.42 Å². The molecule has 0 unspecified atom stereocenters. The quantitative estimate of drug-likeness (QED) is 0.851.